The number of benzene rings is 1. The van der Waals surface area contributed by atoms with Crippen molar-refractivity contribution in [2.45, 2.75) is 26.0 Å². The first-order chi connectivity index (χ1) is 7.99. The van der Waals surface area contributed by atoms with Gasteiger partial charge in [-0.15, -0.1) is 12.4 Å². The van der Waals surface area contributed by atoms with E-state index in [-0.39, 0.29) is 30.5 Å². The van der Waals surface area contributed by atoms with Crippen LogP contribution < -0.4 is 10.1 Å². The topological polar surface area (TPSA) is 82.0 Å². The fraction of sp³-hybridized carbons (Fsp3) is 0.500. The highest BCUT2D eigenvalue weighted by molar-refractivity contribution is 5.85. The first kappa shape index (κ1) is 16.8. The van der Waals surface area contributed by atoms with Crippen molar-refractivity contribution >= 4 is 12.4 Å². The summed E-state index contributed by atoms with van der Waals surface area (Å²) in [5.74, 6) is -0.0273. The molecule has 18 heavy (non-hydrogen) atoms. The molecule has 104 valence electrons. The second-order valence-corrected chi connectivity index (χ2v) is 4.18. The molecule has 0 heterocycles. The highest BCUT2D eigenvalue weighted by Gasteiger charge is 2.07. The van der Waals surface area contributed by atoms with Crippen molar-refractivity contribution in [2.24, 2.45) is 0 Å². The van der Waals surface area contributed by atoms with Crippen LogP contribution in [0.25, 0.3) is 0 Å². The van der Waals surface area contributed by atoms with Gasteiger partial charge in [-0.3, -0.25) is 0 Å². The molecule has 4 N–H and O–H groups in total. The summed E-state index contributed by atoms with van der Waals surface area (Å²) >= 11 is 0. The molecule has 0 spiro atoms. The smallest absolute Gasteiger partial charge is 0.161 e. The molecule has 0 fully saturated rings. The average molecular weight is 278 g/mol. The molecule has 1 unspecified atom stereocenters. The van der Waals surface area contributed by atoms with Gasteiger partial charge in [0, 0.05) is 18.7 Å². The summed E-state index contributed by atoms with van der Waals surface area (Å²) in [5, 5.41) is 31.0. The van der Waals surface area contributed by atoms with Crippen molar-refractivity contribution in [3.8, 4) is 17.2 Å². The van der Waals surface area contributed by atoms with Crippen LogP contribution in [0, 0.1) is 0 Å². The van der Waals surface area contributed by atoms with Gasteiger partial charge < -0.3 is 25.4 Å². The maximum absolute atomic E-state index is 9.58. The van der Waals surface area contributed by atoms with Crippen molar-refractivity contribution in [3.05, 3.63) is 18.2 Å². The molecule has 0 aliphatic carbocycles. The van der Waals surface area contributed by atoms with E-state index in [4.69, 9.17) is 9.84 Å². The van der Waals surface area contributed by atoms with E-state index >= 15 is 0 Å². The molecule has 0 amide bonds. The number of hydrogen-bond acceptors (Lipinski definition) is 5. The van der Waals surface area contributed by atoms with E-state index in [0.29, 0.717) is 18.3 Å². The Morgan fingerprint density at radius 2 is 1.89 bits per heavy atom. The Labute approximate surface area is 113 Å². The molecule has 0 saturated heterocycles. The van der Waals surface area contributed by atoms with Crippen molar-refractivity contribution in [1.82, 2.24) is 5.32 Å². The molecule has 1 rings (SSSR count). The molecule has 0 bridgehead atoms. The molecule has 0 radical (unpaired) electrons. The Morgan fingerprint density at radius 3 is 2.44 bits per heavy atom. The van der Waals surface area contributed by atoms with E-state index in [9.17, 15) is 10.2 Å². The van der Waals surface area contributed by atoms with Gasteiger partial charge in [0.15, 0.2) is 11.5 Å². The highest BCUT2D eigenvalue weighted by Crippen LogP contribution is 2.28. The minimum Gasteiger partial charge on any atom is -0.504 e. The van der Waals surface area contributed by atoms with Crippen LogP contribution in [0.15, 0.2) is 18.2 Å². The van der Waals surface area contributed by atoms with Crippen molar-refractivity contribution in [1.29, 1.82) is 0 Å². The van der Waals surface area contributed by atoms with Gasteiger partial charge in [0.1, 0.15) is 18.5 Å². The summed E-state index contributed by atoms with van der Waals surface area (Å²) in [7, 11) is 0. The first-order valence-corrected chi connectivity index (χ1v) is 5.55. The summed E-state index contributed by atoms with van der Waals surface area (Å²) in [6.07, 6.45) is -0.617. The summed E-state index contributed by atoms with van der Waals surface area (Å²) in [5.41, 5.74) is 0. The Bertz CT molecular complexity index is 360. The van der Waals surface area contributed by atoms with E-state index < -0.39 is 6.10 Å². The van der Waals surface area contributed by atoms with Crippen LogP contribution in [-0.4, -0.2) is 40.6 Å². The van der Waals surface area contributed by atoms with E-state index in [1.165, 1.54) is 18.2 Å². The number of aromatic hydroxyl groups is 2. The lowest BCUT2D eigenvalue weighted by atomic mass is 10.3. The number of hydrogen-bond donors (Lipinski definition) is 4. The highest BCUT2D eigenvalue weighted by atomic mass is 35.5. The molecule has 6 heteroatoms. The zero-order chi connectivity index (χ0) is 12.8. The van der Waals surface area contributed by atoms with Crippen LogP contribution in [0.3, 0.4) is 0 Å². The van der Waals surface area contributed by atoms with Crippen LogP contribution in [0.2, 0.25) is 0 Å². The van der Waals surface area contributed by atoms with Crippen LogP contribution in [-0.2, 0) is 0 Å². The Morgan fingerprint density at radius 1 is 1.22 bits per heavy atom. The van der Waals surface area contributed by atoms with E-state index in [1.807, 2.05) is 13.8 Å². The van der Waals surface area contributed by atoms with E-state index in [0.717, 1.165) is 0 Å². The fourth-order valence-corrected chi connectivity index (χ4v) is 1.22. The third-order valence-corrected chi connectivity index (χ3v) is 2.15. The molecule has 1 aromatic carbocycles. The molecule has 0 aromatic heterocycles. The number of halogens is 1. The van der Waals surface area contributed by atoms with E-state index in [1.54, 1.807) is 0 Å². The zero-order valence-corrected chi connectivity index (χ0v) is 11.3. The SMILES string of the molecule is CC(C)NCC(O)COc1ccc(O)c(O)c1.Cl. The Hall–Kier alpha value is -1.17. The van der Waals surface area contributed by atoms with Gasteiger partial charge in [-0.05, 0) is 12.1 Å². The predicted octanol–water partition coefficient (Wildman–Crippen LogP) is 1.26. The third-order valence-electron chi connectivity index (χ3n) is 2.15. The largest absolute Gasteiger partial charge is 0.504 e. The lowest BCUT2D eigenvalue weighted by Gasteiger charge is -2.15. The second kappa shape index (κ2) is 8.02. The lowest BCUT2D eigenvalue weighted by molar-refractivity contribution is 0.104. The zero-order valence-electron chi connectivity index (χ0n) is 10.5. The molecule has 0 aliphatic rings. The Kier molecular flexibility index (Phi) is 7.50. The number of phenolic OH excluding ortho intramolecular Hbond substituents is 2. The van der Waals surface area contributed by atoms with Crippen LogP contribution in [0.4, 0.5) is 0 Å². The molecule has 1 atom stereocenters. The van der Waals surface area contributed by atoms with Crippen molar-refractivity contribution in [3.63, 3.8) is 0 Å². The average Bonchev–Trinajstić information content (AvgIpc) is 2.28. The Balaban J connectivity index is 0.00000289. The normalized spacial score (nSPS) is 12.0. The summed E-state index contributed by atoms with van der Waals surface area (Å²) in [4.78, 5) is 0. The maximum Gasteiger partial charge on any atom is 0.161 e. The minimum atomic E-state index is -0.617. The number of aliphatic hydroxyl groups excluding tert-OH is 1. The molecule has 0 aliphatic heterocycles. The summed E-state index contributed by atoms with van der Waals surface area (Å²) < 4.78 is 5.27. The van der Waals surface area contributed by atoms with Gasteiger partial charge in [0.25, 0.3) is 0 Å². The van der Waals surface area contributed by atoms with Gasteiger partial charge in [-0.1, -0.05) is 13.8 Å². The van der Waals surface area contributed by atoms with Gasteiger partial charge in [-0.2, -0.15) is 0 Å². The maximum atomic E-state index is 9.58. The fourth-order valence-electron chi connectivity index (χ4n) is 1.22. The number of nitrogens with one attached hydrogen (secondary N) is 1. The number of aliphatic hydroxyl groups is 1. The molecular formula is C12H20ClNO4. The lowest BCUT2D eigenvalue weighted by Crippen LogP contribution is -2.35. The first-order valence-electron chi connectivity index (χ1n) is 5.55. The van der Waals surface area contributed by atoms with Crippen molar-refractivity contribution in [2.75, 3.05) is 13.2 Å². The van der Waals surface area contributed by atoms with Gasteiger partial charge in [0.2, 0.25) is 0 Å². The standard InChI is InChI=1S/C12H19NO4.ClH/c1-8(2)13-6-9(14)7-17-10-3-4-11(15)12(16)5-10;/h3-5,8-9,13-16H,6-7H2,1-2H3;1H. The van der Waals surface area contributed by atoms with Crippen molar-refractivity contribution < 1.29 is 20.1 Å². The number of rotatable bonds is 6. The minimum absolute atomic E-state index is 0. The number of ether oxygens (including phenoxy) is 1. The monoisotopic (exact) mass is 277 g/mol. The predicted molar refractivity (Wildman–Crippen MR) is 71.7 cm³/mol. The van der Waals surface area contributed by atoms with Crippen LogP contribution in [0.5, 0.6) is 17.2 Å². The quantitative estimate of drug-likeness (QED) is 0.589. The summed E-state index contributed by atoms with van der Waals surface area (Å²) in [6.45, 7) is 4.56. The van der Waals surface area contributed by atoms with Gasteiger partial charge >= 0.3 is 0 Å². The molecule has 5 nitrogen and oxygen atoms in total. The van der Waals surface area contributed by atoms with Crippen LogP contribution in [0.1, 0.15) is 13.8 Å². The van der Waals surface area contributed by atoms with E-state index in [2.05, 4.69) is 5.32 Å². The van der Waals surface area contributed by atoms with Crippen LogP contribution >= 0.6 is 12.4 Å². The third kappa shape index (κ3) is 5.95. The van der Waals surface area contributed by atoms with Gasteiger partial charge in [-0.25, -0.2) is 0 Å². The summed E-state index contributed by atoms with van der Waals surface area (Å²) in [6, 6.07) is 4.47. The molecule has 1 aromatic rings. The molecular weight excluding hydrogens is 258 g/mol. The second-order valence-electron chi connectivity index (χ2n) is 4.18. The van der Waals surface area contributed by atoms with Gasteiger partial charge in [0.05, 0.1) is 0 Å². The number of phenols is 2. The molecule has 0 saturated carbocycles.